The second kappa shape index (κ2) is 8.41. The van der Waals surface area contributed by atoms with Crippen molar-refractivity contribution in [1.29, 1.82) is 0 Å². The van der Waals surface area contributed by atoms with Crippen molar-refractivity contribution in [2.75, 3.05) is 6.26 Å². The van der Waals surface area contributed by atoms with Crippen molar-refractivity contribution in [3.8, 4) is 28.1 Å². The van der Waals surface area contributed by atoms with Crippen LogP contribution in [-0.2, 0) is 15.4 Å². The van der Waals surface area contributed by atoms with Crippen LogP contribution in [0, 0.1) is 5.82 Å². The van der Waals surface area contributed by atoms with Gasteiger partial charge < -0.3 is 5.11 Å². The third-order valence-corrected chi connectivity index (χ3v) is 6.69. The van der Waals surface area contributed by atoms with E-state index in [-0.39, 0.29) is 15.5 Å². The molecule has 1 aromatic heterocycles. The Labute approximate surface area is 197 Å². The predicted octanol–water partition coefficient (Wildman–Crippen LogP) is 5.63. The maximum Gasteiger partial charge on any atom is 0.175 e. The number of hydrogen-bond donors (Lipinski definition) is 1. The van der Waals surface area contributed by atoms with Gasteiger partial charge in [-0.15, -0.1) is 0 Å². The largest absolute Gasteiger partial charge is 0.384 e. The third kappa shape index (κ3) is 4.71. The molecule has 0 unspecified atom stereocenters. The molecule has 0 atom stereocenters. The Morgan fingerprint density at radius 1 is 0.970 bits per heavy atom. The monoisotopic (exact) mass is 484 g/mol. The molecular weight excluding hydrogens is 463 g/mol. The van der Waals surface area contributed by atoms with E-state index in [0.717, 1.165) is 11.1 Å². The number of benzene rings is 3. The smallest absolute Gasteiger partial charge is 0.175 e. The van der Waals surface area contributed by atoms with E-state index in [9.17, 15) is 17.9 Å². The Morgan fingerprint density at radius 2 is 1.64 bits per heavy atom. The molecule has 33 heavy (non-hydrogen) atoms. The van der Waals surface area contributed by atoms with Crippen LogP contribution >= 0.6 is 11.6 Å². The summed E-state index contributed by atoms with van der Waals surface area (Å²) in [5, 5.41) is 15.2. The van der Waals surface area contributed by atoms with Crippen molar-refractivity contribution >= 4 is 21.4 Å². The summed E-state index contributed by atoms with van der Waals surface area (Å²) in [6, 6.07) is 20.0. The Bertz CT molecular complexity index is 1420. The van der Waals surface area contributed by atoms with Crippen molar-refractivity contribution in [2.45, 2.75) is 24.3 Å². The van der Waals surface area contributed by atoms with Gasteiger partial charge in [0.1, 0.15) is 11.4 Å². The molecule has 0 saturated heterocycles. The molecular formula is C25H22ClFN2O3S. The van der Waals surface area contributed by atoms with E-state index in [0.29, 0.717) is 17.1 Å². The molecule has 0 radical (unpaired) electrons. The number of sulfone groups is 1. The van der Waals surface area contributed by atoms with Gasteiger partial charge in [-0.25, -0.2) is 17.5 Å². The average molecular weight is 485 g/mol. The molecule has 1 N–H and O–H groups in total. The highest BCUT2D eigenvalue weighted by molar-refractivity contribution is 7.90. The van der Waals surface area contributed by atoms with E-state index >= 15 is 0 Å². The minimum absolute atomic E-state index is 0.187. The van der Waals surface area contributed by atoms with Gasteiger partial charge in [0.05, 0.1) is 32.6 Å². The number of aliphatic hydroxyl groups is 1. The number of nitrogens with zero attached hydrogens (tertiary/aromatic N) is 2. The molecule has 0 spiro atoms. The first-order valence-corrected chi connectivity index (χ1v) is 12.4. The highest BCUT2D eigenvalue weighted by atomic mass is 35.5. The first-order valence-electron chi connectivity index (χ1n) is 10.1. The first kappa shape index (κ1) is 23.2. The van der Waals surface area contributed by atoms with Gasteiger partial charge in [0.25, 0.3) is 0 Å². The Kier molecular flexibility index (Phi) is 5.90. The molecule has 0 aliphatic rings. The van der Waals surface area contributed by atoms with E-state index in [4.69, 9.17) is 11.6 Å². The molecule has 4 aromatic rings. The molecule has 5 nitrogen and oxygen atoms in total. The molecule has 0 amide bonds. The summed E-state index contributed by atoms with van der Waals surface area (Å²) in [6.07, 6.45) is 1.17. The van der Waals surface area contributed by atoms with Crippen LogP contribution < -0.4 is 0 Å². The van der Waals surface area contributed by atoms with Gasteiger partial charge >= 0.3 is 0 Å². The van der Waals surface area contributed by atoms with Crippen LogP contribution in [0.2, 0.25) is 5.02 Å². The zero-order valence-corrected chi connectivity index (χ0v) is 19.8. The van der Waals surface area contributed by atoms with Crippen molar-refractivity contribution in [3.05, 3.63) is 89.3 Å². The lowest BCUT2D eigenvalue weighted by Crippen LogP contribution is -2.16. The molecule has 0 bridgehead atoms. The predicted molar refractivity (Wildman–Crippen MR) is 128 cm³/mol. The lowest BCUT2D eigenvalue weighted by molar-refractivity contribution is 0.0734. The molecule has 0 aliphatic carbocycles. The van der Waals surface area contributed by atoms with Crippen molar-refractivity contribution in [1.82, 2.24) is 9.78 Å². The normalized spacial score (nSPS) is 12.2. The number of rotatable bonds is 5. The van der Waals surface area contributed by atoms with Gasteiger partial charge in [-0.3, -0.25) is 0 Å². The Balaban J connectivity index is 1.83. The number of halogens is 2. The van der Waals surface area contributed by atoms with Crippen LogP contribution in [0.3, 0.4) is 0 Å². The Morgan fingerprint density at radius 3 is 2.24 bits per heavy atom. The second-order valence-electron chi connectivity index (χ2n) is 8.33. The summed E-state index contributed by atoms with van der Waals surface area (Å²) in [5.74, 6) is -0.500. The van der Waals surface area contributed by atoms with Gasteiger partial charge in [0.15, 0.2) is 9.84 Å². The van der Waals surface area contributed by atoms with Crippen LogP contribution in [0.4, 0.5) is 4.39 Å². The van der Waals surface area contributed by atoms with Crippen LogP contribution in [0.5, 0.6) is 0 Å². The van der Waals surface area contributed by atoms with Crippen molar-refractivity contribution in [3.63, 3.8) is 0 Å². The van der Waals surface area contributed by atoms with E-state index in [1.165, 1.54) is 23.1 Å². The summed E-state index contributed by atoms with van der Waals surface area (Å²) in [6.45, 7) is 3.20. The van der Waals surface area contributed by atoms with Crippen LogP contribution in [0.15, 0.2) is 77.7 Å². The molecule has 0 aliphatic heterocycles. The first-order chi connectivity index (χ1) is 15.4. The highest BCUT2D eigenvalue weighted by Crippen LogP contribution is 2.35. The standard InChI is InChI=1S/C25H22ClFN2O3S/c1-25(2,30)23-15-22(24-20(26)8-5-9-21(24)27)29(28-23)18-12-10-16(11-13-18)17-6-4-7-19(14-17)33(3,31)32/h4-15,30H,1-3H3. The minimum Gasteiger partial charge on any atom is -0.384 e. The van der Waals surface area contributed by atoms with Crippen molar-refractivity contribution < 1.29 is 17.9 Å². The van der Waals surface area contributed by atoms with Gasteiger partial charge in [0, 0.05) is 6.26 Å². The molecule has 0 fully saturated rings. The topological polar surface area (TPSA) is 72.2 Å². The maximum atomic E-state index is 14.7. The molecule has 8 heteroatoms. The number of aromatic nitrogens is 2. The number of hydrogen-bond acceptors (Lipinski definition) is 4. The van der Waals surface area contributed by atoms with Gasteiger partial charge in [-0.05, 0) is 67.4 Å². The van der Waals surface area contributed by atoms with Crippen molar-refractivity contribution in [2.24, 2.45) is 0 Å². The highest BCUT2D eigenvalue weighted by Gasteiger charge is 2.25. The van der Waals surface area contributed by atoms with Crippen LogP contribution in [0.25, 0.3) is 28.1 Å². The van der Waals surface area contributed by atoms with E-state index < -0.39 is 21.3 Å². The van der Waals surface area contributed by atoms with Gasteiger partial charge in [-0.1, -0.05) is 41.9 Å². The molecule has 170 valence electrons. The maximum absolute atomic E-state index is 14.7. The summed E-state index contributed by atoms with van der Waals surface area (Å²) in [4.78, 5) is 0.238. The summed E-state index contributed by atoms with van der Waals surface area (Å²) in [7, 11) is -3.33. The lowest BCUT2D eigenvalue weighted by Gasteiger charge is -2.13. The molecule has 4 rings (SSSR count). The van der Waals surface area contributed by atoms with Crippen LogP contribution in [0.1, 0.15) is 19.5 Å². The summed E-state index contributed by atoms with van der Waals surface area (Å²) < 4.78 is 40.0. The summed E-state index contributed by atoms with van der Waals surface area (Å²) >= 11 is 6.31. The van der Waals surface area contributed by atoms with Gasteiger partial charge in [-0.2, -0.15) is 5.10 Å². The fraction of sp³-hybridized carbons (Fsp3) is 0.160. The molecule has 0 saturated carbocycles. The molecule has 3 aromatic carbocycles. The SMILES string of the molecule is CC(C)(O)c1cc(-c2c(F)cccc2Cl)n(-c2ccc(-c3cccc(S(C)(=O)=O)c3)cc2)n1. The van der Waals surface area contributed by atoms with Crippen LogP contribution in [-0.4, -0.2) is 29.6 Å². The fourth-order valence-electron chi connectivity index (χ4n) is 3.50. The van der Waals surface area contributed by atoms with Gasteiger partial charge in [0.2, 0.25) is 0 Å². The Hall–Kier alpha value is -3.00. The van der Waals surface area contributed by atoms with E-state index in [2.05, 4.69) is 5.10 Å². The summed E-state index contributed by atoms with van der Waals surface area (Å²) in [5.41, 5.74) is 1.90. The lowest BCUT2D eigenvalue weighted by atomic mass is 10.0. The fourth-order valence-corrected chi connectivity index (χ4v) is 4.43. The third-order valence-electron chi connectivity index (χ3n) is 5.26. The van der Waals surface area contributed by atoms with E-state index in [1.54, 1.807) is 56.3 Å². The molecule has 1 heterocycles. The zero-order chi connectivity index (χ0) is 24.0. The average Bonchev–Trinajstić information content (AvgIpc) is 3.19. The quantitative estimate of drug-likeness (QED) is 0.398. The minimum atomic E-state index is -3.33. The second-order valence-corrected chi connectivity index (χ2v) is 10.8. The van der Waals surface area contributed by atoms with E-state index in [1.807, 2.05) is 18.2 Å². The zero-order valence-electron chi connectivity index (χ0n) is 18.3.